The summed E-state index contributed by atoms with van der Waals surface area (Å²) in [4.78, 5) is 18.2. The Hall–Kier alpha value is -0.890. The molecular weight excluding hydrogens is 310 g/mol. The highest BCUT2D eigenvalue weighted by Crippen LogP contribution is 2.17. The van der Waals surface area contributed by atoms with Crippen LogP contribution in [0.2, 0.25) is 0 Å². The molecule has 140 valence electrons. The maximum absolute atomic E-state index is 12.0. The zero-order chi connectivity index (χ0) is 17.7. The highest BCUT2D eigenvalue weighted by atomic mass is 16.6. The van der Waals surface area contributed by atoms with Crippen LogP contribution >= 0.6 is 0 Å². The Morgan fingerprint density at radius 2 is 1.83 bits per heavy atom. The van der Waals surface area contributed by atoms with Crippen molar-refractivity contribution in [2.24, 2.45) is 0 Å². The Kier molecular flexibility index (Phi) is 6.86. The fourth-order valence-corrected chi connectivity index (χ4v) is 3.41. The van der Waals surface area contributed by atoms with Crippen molar-refractivity contribution in [3.63, 3.8) is 0 Å². The first-order chi connectivity index (χ1) is 11.3. The predicted octanol–water partition coefficient (Wildman–Crippen LogP) is 0.357. The lowest BCUT2D eigenvalue weighted by Gasteiger charge is -2.37. The first kappa shape index (κ1) is 19.4. The van der Waals surface area contributed by atoms with Crippen molar-refractivity contribution in [1.29, 1.82) is 0 Å². The molecular formula is C17H33N3O4. The number of likely N-dealkylation sites (tertiary alicyclic amines) is 1. The fraction of sp³-hybridized carbons (Fsp3) is 0.941. The quantitative estimate of drug-likeness (QED) is 0.750. The second kappa shape index (κ2) is 8.47. The van der Waals surface area contributed by atoms with E-state index in [4.69, 9.17) is 4.74 Å². The van der Waals surface area contributed by atoms with E-state index in [-0.39, 0.29) is 18.7 Å². The van der Waals surface area contributed by atoms with Gasteiger partial charge in [-0.05, 0) is 40.2 Å². The number of amides is 1. The maximum atomic E-state index is 12.0. The van der Waals surface area contributed by atoms with E-state index in [2.05, 4.69) is 9.80 Å². The van der Waals surface area contributed by atoms with Crippen LogP contribution in [0.5, 0.6) is 0 Å². The van der Waals surface area contributed by atoms with Crippen LogP contribution in [0, 0.1) is 0 Å². The van der Waals surface area contributed by atoms with Gasteiger partial charge in [0, 0.05) is 45.3 Å². The minimum absolute atomic E-state index is 0.168. The zero-order valence-corrected chi connectivity index (χ0v) is 15.3. The Bertz CT molecular complexity index is 405. The molecule has 24 heavy (non-hydrogen) atoms. The van der Waals surface area contributed by atoms with E-state index in [1.54, 1.807) is 4.90 Å². The summed E-state index contributed by atoms with van der Waals surface area (Å²) in [5.41, 5.74) is -0.469. The molecule has 0 spiro atoms. The zero-order valence-electron chi connectivity index (χ0n) is 15.3. The molecule has 0 aromatic heterocycles. The summed E-state index contributed by atoms with van der Waals surface area (Å²) in [6.45, 7) is 10.7. The average Bonchev–Trinajstić information content (AvgIpc) is 2.93. The third-order valence-electron chi connectivity index (χ3n) is 4.65. The summed E-state index contributed by atoms with van der Waals surface area (Å²) in [6.07, 6.45) is 1.42. The predicted molar refractivity (Wildman–Crippen MR) is 91.9 cm³/mol. The minimum atomic E-state index is -0.469. The van der Waals surface area contributed by atoms with E-state index in [0.717, 1.165) is 32.5 Å². The molecule has 2 aliphatic rings. The molecule has 2 heterocycles. The average molecular weight is 343 g/mol. The normalized spacial score (nSPS) is 25.0. The molecule has 7 heteroatoms. The largest absolute Gasteiger partial charge is 0.444 e. The number of piperazine rings is 1. The molecule has 2 fully saturated rings. The number of carbonyl (C=O) groups excluding carboxylic acids is 1. The van der Waals surface area contributed by atoms with E-state index in [9.17, 15) is 15.0 Å². The van der Waals surface area contributed by atoms with Crippen molar-refractivity contribution in [3.05, 3.63) is 0 Å². The van der Waals surface area contributed by atoms with Gasteiger partial charge in [0.1, 0.15) is 5.60 Å². The van der Waals surface area contributed by atoms with E-state index in [0.29, 0.717) is 26.2 Å². The smallest absolute Gasteiger partial charge is 0.410 e. The summed E-state index contributed by atoms with van der Waals surface area (Å²) in [7, 11) is 0. The number of β-amino-alcohol motifs (C(OH)–C–C–N with tert-alkyl or cyclic N) is 1. The van der Waals surface area contributed by atoms with Crippen molar-refractivity contribution in [1.82, 2.24) is 14.7 Å². The number of ether oxygens (including phenoxy) is 1. The molecule has 0 unspecified atom stereocenters. The van der Waals surface area contributed by atoms with Gasteiger partial charge in [-0.15, -0.1) is 0 Å². The molecule has 0 aliphatic carbocycles. The highest BCUT2D eigenvalue weighted by Gasteiger charge is 2.29. The lowest BCUT2D eigenvalue weighted by atomic mass is 10.2. The van der Waals surface area contributed by atoms with E-state index >= 15 is 0 Å². The number of rotatable bonds is 5. The number of aliphatic hydroxyl groups excluding tert-OH is 2. The lowest BCUT2D eigenvalue weighted by Crippen LogP contribution is -2.52. The fourth-order valence-electron chi connectivity index (χ4n) is 3.41. The minimum Gasteiger partial charge on any atom is -0.444 e. The molecule has 0 saturated carbocycles. The van der Waals surface area contributed by atoms with E-state index < -0.39 is 11.7 Å². The summed E-state index contributed by atoms with van der Waals surface area (Å²) < 4.78 is 5.40. The Labute approximate surface area is 145 Å². The van der Waals surface area contributed by atoms with Crippen LogP contribution in [0.1, 0.15) is 33.6 Å². The van der Waals surface area contributed by atoms with Crippen molar-refractivity contribution in [3.8, 4) is 0 Å². The molecule has 2 saturated heterocycles. The number of hydrogen-bond donors (Lipinski definition) is 2. The van der Waals surface area contributed by atoms with Crippen molar-refractivity contribution in [2.75, 3.05) is 52.4 Å². The number of aliphatic hydroxyl groups is 2. The molecule has 2 N–H and O–H groups in total. The maximum Gasteiger partial charge on any atom is 0.410 e. The molecule has 7 nitrogen and oxygen atoms in total. The van der Waals surface area contributed by atoms with Gasteiger partial charge in [-0.3, -0.25) is 9.80 Å². The molecule has 0 aromatic carbocycles. The van der Waals surface area contributed by atoms with Crippen molar-refractivity contribution >= 4 is 6.09 Å². The van der Waals surface area contributed by atoms with Gasteiger partial charge in [0.25, 0.3) is 0 Å². The number of nitrogens with zero attached hydrogens (tertiary/aromatic N) is 3. The van der Waals surface area contributed by atoms with Gasteiger partial charge >= 0.3 is 6.09 Å². The van der Waals surface area contributed by atoms with E-state index in [1.165, 1.54) is 0 Å². The Balaban J connectivity index is 1.70. The van der Waals surface area contributed by atoms with Crippen LogP contribution in [0.3, 0.4) is 0 Å². The second-order valence-corrected chi connectivity index (χ2v) is 7.90. The van der Waals surface area contributed by atoms with Gasteiger partial charge in [-0.25, -0.2) is 4.79 Å². The first-order valence-corrected chi connectivity index (χ1v) is 9.02. The topological polar surface area (TPSA) is 76.5 Å². The SMILES string of the molecule is CC(C)(C)OC(=O)N1CCN(C[C@@H](O)CN2CCC[C@H]2CO)CC1. The molecule has 0 bridgehead atoms. The highest BCUT2D eigenvalue weighted by molar-refractivity contribution is 5.68. The Morgan fingerprint density at radius 1 is 1.17 bits per heavy atom. The summed E-state index contributed by atoms with van der Waals surface area (Å²) in [6, 6.07) is 0.198. The third-order valence-corrected chi connectivity index (χ3v) is 4.65. The summed E-state index contributed by atoms with van der Waals surface area (Å²) in [5.74, 6) is 0. The van der Waals surface area contributed by atoms with Gasteiger partial charge < -0.3 is 19.8 Å². The Morgan fingerprint density at radius 3 is 2.42 bits per heavy atom. The van der Waals surface area contributed by atoms with E-state index in [1.807, 2.05) is 20.8 Å². The van der Waals surface area contributed by atoms with Crippen LogP contribution in [-0.4, -0.2) is 101 Å². The van der Waals surface area contributed by atoms with Gasteiger partial charge in [-0.1, -0.05) is 0 Å². The standard InChI is InChI=1S/C17H33N3O4/c1-17(2,3)24-16(23)19-9-7-18(8-10-19)11-15(22)12-20-6-4-5-14(20)13-21/h14-15,21-22H,4-13H2,1-3H3/t14-,15+/m0/s1. The number of carbonyl (C=O) groups is 1. The van der Waals surface area contributed by atoms with Gasteiger partial charge in [0.05, 0.1) is 12.7 Å². The summed E-state index contributed by atoms with van der Waals surface area (Å²) >= 11 is 0. The van der Waals surface area contributed by atoms with Crippen molar-refractivity contribution < 1.29 is 19.7 Å². The molecule has 2 aliphatic heterocycles. The van der Waals surface area contributed by atoms with Crippen LogP contribution < -0.4 is 0 Å². The third kappa shape index (κ3) is 5.88. The number of hydrogen-bond acceptors (Lipinski definition) is 6. The van der Waals surface area contributed by atoms with Crippen LogP contribution in [0.4, 0.5) is 4.79 Å². The molecule has 1 amide bonds. The summed E-state index contributed by atoms with van der Waals surface area (Å²) in [5, 5.41) is 19.7. The van der Waals surface area contributed by atoms with Crippen LogP contribution in [-0.2, 0) is 4.74 Å². The monoisotopic (exact) mass is 343 g/mol. The van der Waals surface area contributed by atoms with Crippen molar-refractivity contribution in [2.45, 2.75) is 51.4 Å². The molecule has 2 atom stereocenters. The van der Waals surface area contributed by atoms with Gasteiger partial charge in [0.15, 0.2) is 0 Å². The molecule has 0 radical (unpaired) electrons. The molecule has 2 rings (SSSR count). The van der Waals surface area contributed by atoms with Gasteiger partial charge in [-0.2, -0.15) is 0 Å². The second-order valence-electron chi connectivity index (χ2n) is 7.90. The van der Waals surface area contributed by atoms with Gasteiger partial charge in [0.2, 0.25) is 0 Å². The lowest BCUT2D eigenvalue weighted by molar-refractivity contribution is 0.00694. The molecule has 0 aromatic rings. The van der Waals surface area contributed by atoms with Crippen LogP contribution in [0.15, 0.2) is 0 Å². The first-order valence-electron chi connectivity index (χ1n) is 9.02. The van der Waals surface area contributed by atoms with Crippen LogP contribution in [0.25, 0.3) is 0 Å².